The maximum Gasteiger partial charge on any atom is 0.271 e. The lowest BCUT2D eigenvalue weighted by molar-refractivity contribution is 0.0367. The number of nitrogens with zero attached hydrogens (tertiary/aromatic N) is 2. The van der Waals surface area contributed by atoms with Crippen LogP contribution in [0.15, 0.2) is 42.9 Å². The highest BCUT2D eigenvalue weighted by Gasteiger charge is 2.43. The monoisotopic (exact) mass is 311 g/mol. The number of likely N-dealkylation sites (tertiary alicyclic amines) is 1. The highest BCUT2D eigenvalue weighted by atomic mass is 16.5. The Bertz CT molecular complexity index is 642. The Morgan fingerprint density at radius 3 is 2.61 bits per heavy atom. The van der Waals surface area contributed by atoms with E-state index in [1.807, 2.05) is 23.1 Å². The van der Waals surface area contributed by atoms with Gasteiger partial charge in [-0.05, 0) is 30.2 Å². The van der Waals surface area contributed by atoms with Crippen molar-refractivity contribution >= 4 is 5.91 Å². The van der Waals surface area contributed by atoms with Crippen LogP contribution in [0.5, 0.6) is 0 Å². The molecule has 2 aliphatic rings. The highest BCUT2D eigenvalue weighted by molar-refractivity contribution is 5.92. The van der Waals surface area contributed by atoms with Gasteiger partial charge >= 0.3 is 0 Å². The number of hydrogen-bond donors (Lipinski definition) is 1. The Hall–Kier alpha value is -2.14. The van der Waals surface area contributed by atoms with E-state index >= 15 is 0 Å². The number of benzene rings is 1. The smallest absolute Gasteiger partial charge is 0.271 e. The van der Waals surface area contributed by atoms with Crippen LogP contribution < -0.4 is 0 Å². The second-order valence-electron chi connectivity index (χ2n) is 6.59. The molecule has 0 spiro atoms. The number of nitrogens with one attached hydrogen (secondary N) is 1. The fraction of sp³-hybridized carbons (Fsp3) is 0.444. The Kier molecular flexibility index (Phi) is 3.87. The number of fused-ring (bicyclic) bond motifs is 1. The number of aromatic nitrogens is 2. The summed E-state index contributed by atoms with van der Waals surface area (Å²) in [6.45, 7) is 2.36. The van der Waals surface area contributed by atoms with Crippen LogP contribution in [0.2, 0.25) is 0 Å². The summed E-state index contributed by atoms with van der Waals surface area (Å²) in [4.78, 5) is 21.1. The van der Waals surface area contributed by atoms with E-state index in [4.69, 9.17) is 4.74 Å². The predicted octanol–water partition coefficient (Wildman–Crippen LogP) is 2.48. The summed E-state index contributed by atoms with van der Waals surface area (Å²) in [6, 6.07) is 10.3. The molecule has 2 aromatic rings. The molecule has 1 aliphatic heterocycles. The van der Waals surface area contributed by atoms with Gasteiger partial charge in [0.1, 0.15) is 5.69 Å². The van der Waals surface area contributed by atoms with E-state index in [9.17, 15) is 4.79 Å². The minimum atomic E-state index is 0.0682. The number of carbonyl (C=O) groups is 1. The van der Waals surface area contributed by atoms with Gasteiger partial charge in [-0.2, -0.15) is 0 Å². The molecule has 1 N–H and O–H groups in total. The lowest BCUT2D eigenvalue weighted by Crippen LogP contribution is -2.30. The minimum Gasteiger partial charge on any atom is -0.374 e. The third-order valence-corrected chi connectivity index (χ3v) is 5.05. The summed E-state index contributed by atoms with van der Waals surface area (Å²) >= 11 is 0. The van der Waals surface area contributed by atoms with E-state index in [0.717, 1.165) is 25.9 Å². The molecule has 120 valence electrons. The maximum absolute atomic E-state index is 12.4. The van der Waals surface area contributed by atoms with Gasteiger partial charge in [0.2, 0.25) is 0 Å². The summed E-state index contributed by atoms with van der Waals surface area (Å²) in [5.41, 5.74) is 1.81. The largest absolute Gasteiger partial charge is 0.374 e. The normalized spacial score (nSPS) is 26.4. The van der Waals surface area contributed by atoms with E-state index in [1.165, 1.54) is 5.56 Å². The summed E-state index contributed by atoms with van der Waals surface area (Å²) in [7, 11) is 0. The molecule has 4 rings (SSSR count). The topological polar surface area (TPSA) is 58.2 Å². The van der Waals surface area contributed by atoms with E-state index in [0.29, 0.717) is 30.2 Å². The molecule has 1 unspecified atom stereocenters. The van der Waals surface area contributed by atoms with Gasteiger partial charge in [-0.15, -0.1) is 0 Å². The van der Waals surface area contributed by atoms with Crippen molar-refractivity contribution in [1.29, 1.82) is 0 Å². The van der Waals surface area contributed by atoms with E-state index in [1.54, 1.807) is 12.5 Å². The SMILES string of the molecule is O=C(c1cnc[nH]1)N1C[C@H]2CC(OCc3ccccc3)C[C@H]2C1. The molecule has 1 aromatic carbocycles. The lowest BCUT2D eigenvalue weighted by atomic mass is 10.0. The minimum absolute atomic E-state index is 0.0682. The quantitative estimate of drug-likeness (QED) is 0.943. The second kappa shape index (κ2) is 6.16. The summed E-state index contributed by atoms with van der Waals surface area (Å²) in [6.07, 6.45) is 5.60. The number of H-pyrrole nitrogens is 1. The molecule has 5 heteroatoms. The summed E-state index contributed by atoms with van der Waals surface area (Å²) in [5.74, 6) is 1.21. The van der Waals surface area contributed by atoms with Crippen LogP contribution in [0.25, 0.3) is 0 Å². The zero-order chi connectivity index (χ0) is 15.6. The summed E-state index contributed by atoms with van der Waals surface area (Å²) < 4.78 is 6.07. The van der Waals surface area contributed by atoms with Crippen molar-refractivity contribution < 1.29 is 9.53 Å². The van der Waals surface area contributed by atoms with Gasteiger partial charge in [0.25, 0.3) is 5.91 Å². The molecule has 0 bridgehead atoms. The standard InChI is InChI=1S/C18H21N3O2/c22-18(17-8-19-12-20-17)21-9-14-6-16(7-15(14)10-21)23-11-13-4-2-1-3-5-13/h1-5,8,12,14-16H,6-7,9-11H2,(H,19,20)/t14-,15+,16?. The number of carbonyl (C=O) groups excluding carboxylic acids is 1. The van der Waals surface area contributed by atoms with Crippen LogP contribution >= 0.6 is 0 Å². The average molecular weight is 311 g/mol. The van der Waals surface area contributed by atoms with Crippen LogP contribution in [0.1, 0.15) is 28.9 Å². The Morgan fingerprint density at radius 1 is 1.22 bits per heavy atom. The molecule has 0 radical (unpaired) electrons. The first-order valence-corrected chi connectivity index (χ1v) is 8.23. The van der Waals surface area contributed by atoms with Crippen molar-refractivity contribution in [2.45, 2.75) is 25.6 Å². The molecule has 2 heterocycles. The van der Waals surface area contributed by atoms with Crippen LogP contribution in [0.3, 0.4) is 0 Å². The fourth-order valence-corrected chi connectivity index (χ4v) is 3.88. The third kappa shape index (κ3) is 3.01. The first-order chi connectivity index (χ1) is 11.3. The molecule has 1 aliphatic carbocycles. The number of ether oxygens (including phenoxy) is 1. The van der Waals surface area contributed by atoms with Gasteiger partial charge in [0.15, 0.2) is 0 Å². The summed E-state index contributed by atoms with van der Waals surface area (Å²) in [5, 5.41) is 0. The molecule has 2 fully saturated rings. The van der Waals surface area contributed by atoms with Crippen molar-refractivity contribution in [1.82, 2.24) is 14.9 Å². The average Bonchev–Trinajstić information content (AvgIpc) is 3.29. The molecule has 1 aromatic heterocycles. The maximum atomic E-state index is 12.4. The zero-order valence-electron chi connectivity index (χ0n) is 13.0. The highest BCUT2D eigenvalue weighted by Crippen LogP contribution is 2.40. The molecule has 1 saturated heterocycles. The number of imidazole rings is 1. The van der Waals surface area contributed by atoms with Gasteiger partial charge < -0.3 is 14.6 Å². The van der Waals surface area contributed by atoms with Crippen molar-refractivity contribution in [3.8, 4) is 0 Å². The van der Waals surface area contributed by atoms with Crippen LogP contribution in [0.4, 0.5) is 0 Å². The molecule has 1 amide bonds. The van der Waals surface area contributed by atoms with E-state index < -0.39 is 0 Å². The van der Waals surface area contributed by atoms with Crippen molar-refractivity contribution in [2.75, 3.05) is 13.1 Å². The van der Waals surface area contributed by atoms with Crippen LogP contribution in [-0.4, -0.2) is 40.0 Å². The Balaban J connectivity index is 1.29. The molecule has 1 saturated carbocycles. The number of amides is 1. The van der Waals surface area contributed by atoms with Crippen molar-refractivity contribution in [3.63, 3.8) is 0 Å². The number of rotatable bonds is 4. The van der Waals surface area contributed by atoms with Gasteiger partial charge in [-0.25, -0.2) is 4.98 Å². The van der Waals surface area contributed by atoms with Crippen molar-refractivity contribution in [2.24, 2.45) is 11.8 Å². The fourth-order valence-electron chi connectivity index (χ4n) is 3.88. The number of aromatic amines is 1. The second-order valence-corrected chi connectivity index (χ2v) is 6.59. The molecule has 5 nitrogen and oxygen atoms in total. The third-order valence-electron chi connectivity index (χ3n) is 5.05. The zero-order valence-corrected chi connectivity index (χ0v) is 13.0. The lowest BCUT2D eigenvalue weighted by Gasteiger charge is -2.19. The molecular formula is C18H21N3O2. The first-order valence-electron chi connectivity index (χ1n) is 8.23. The molecule has 3 atom stereocenters. The van der Waals surface area contributed by atoms with Crippen LogP contribution in [0, 0.1) is 11.8 Å². The van der Waals surface area contributed by atoms with Crippen molar-refractivity contribution in [3.05, 3.63) is 54.1 Å². The van der Waals surface area contributed by atoms with Gasteiger partial charge in [0, 0.05) is 13.1 Å². The van der Waals surface area contributed by atoms with E-state index in [2.05, 4.69) is 22.1 Å². The van der Waals surface area contributed by atoms with Gasteiger partial charge in [-0.1, -0.05) is 30.3 Å². The predicted molar refractivity (Wildman–Crippen MR) is 85.7 cm³/mol. The number of hydrogen-bond acceptors (Lipinski definition) is 3. The van der Waals surface area contributed by atoms with Gasteiger partial charge in [-0.3, -0.25) is 4.79 Å². The van der Waals surface area contributed by atoms with E-state index in [-0.39, 0.29) is 5.91 Å². The first kappa shape index (κ1) is 14.5. The molecule has 23 heavy (non-hydrogen) atoms. The Labute approximate surface area is 135 Å². The van der Waals surface area contributed by atoms with Gasteiger partial charge in [0.05, 0.1) is 25.2 Å². The van der Waals surface area contributed by atoms with Crippen LogP contribution in [-0.2, 0) is 11.3 Å². The molecular weight excluding hydrogens is 290 g/mol. The Morgan fingerprint density at radius 2 is 1.96 bits per heavy atom.